The van der Waals surface area contributed by atoms with Crippen molar-refractivity contribution in [2.75, 3.05) is 0 Å². The second kappa shape index (κ2) is 5.88. The van der Waals surface area contributed by atoms with Gasteiger partial charge in [0.25, 0.3) is 0 Å². The molecule has 0 radical (unpaired) electrons. The van der Waals surface area contributed by atoms with Crippen molar-refractivity contribution in [2.24, 2.45) is 0 Å². The van der Waals surface area contributed by atoms with Gasteiger partial charge in [-0.25, -0.2) is 4.98 Å². The van der Waals surface area contributed by atoms with Gasteiger partial charge in [0.2, 0.25) is 0 Å². The van der Waals surface area contributed by atoms with Crippen LogP contribution in [0.15, 0.2) is 66.7 Å². The van der Waals surface area contributed by atoms with Crippen LogP contribution in [0.25, 0.3) is 22.5 Å². The van der Waals surface area contributed by atoms with Crippen LogP contribution in [0.5, 0.6) is 0 Å². The van der Waals surface area contributed by atoms with E-state index in [0.29, 0.717) is 11.3 Å². The van der Waals surface area contributed by atoms with E-state index in [1.54, 1.807) is 6.07 Å². The Morgan fingerprint density at radius 1 is 0.696 bits per heavy atom. The molecule has 1 aromatic heterocycles. The molecule has 0 aliphatic heterocycles. The van der Waals surface area contributed by atoms with E-state index in [1.807, 2.05) is 43.3 Å². The predicted molar refractivity (Wildman–Crippen MR) is 84.8 cm³/mol. The van der Waals surface area contributed by atoms with Crippen molar-refractivity contribution in [3.05, 3.63) is 77.9 Å². The maximum absolute atomic E-state index is 12.6. The van der Waals surface area contributed by atoms with Crippen LogP contribution in [-0.4, -0.2) is 4.98 Å². The first-order valence-electron chi connectivity index (χ1n) is 7.15. The summed E-state index contributed by atoms with van der Waals surface area (Å²) < 4.78 is 37.9. The van der Waals surface area contributed by atoms with Crippen molar-refractivity contribution >= 4 is 0 Å². The van der Waals surface area contributed by atoms with Crippen LogP contribution < -0.4 is 0 Å². The molecular weight excluding hydrogens is 299 g/mol. The van der Waals surface area contributed by atoms with E-state index in [0.717, 1.165) is 29.0 Å². The van der Waals surface area contributed by atoms with Crippen molar-refractivity contribution in [1.82, 2.24) is 4.98 Å². The van der Waals surface area contributed by atoms with Crippen LogP contribution in [0.3, 0.4) is 0 Å². The molecule has 0 fully saturated rings. The van der Waals surface area contributed by atoms with Crippen molar-refractivity contribution in [3.63, 3.8) is 0 Å². The highest BCUT2D eigenvalue weighted by Crippen LogP contribution is 2.31. The molecule has 0 spiro atoms. The van der Waals surface area contributed by atoms with Gasteiger partial charge in [-0.1, -0.05) is 48.0 Å². The zero-order valence-corrected chi connectivity index (χ0v) is 12.4. The Kier molecular flexibility index (Phi) is 3.90. The highest BCUT2D eigenvalue weighted by Gasteiger charge is 2.29. The van der Waals surface area contributed by atoms with E-state index in [-0.39, 0.29) is 0 Å². The van der Waals surface area contributed by atoms with Gasteiger partial charge in [-0.05, 0) is 31.2 Å². The van der Waals surface area contributed by atoms with E-state index in [9.17, 15) is 13.2 Å². The molecule has 0 saturated heterocycles. The topological polar surface area (TPSA) is 12.9 Å². The molecule has 3 rings (SSSR count). The first kappa shape index (κ1) is 15.3. The molecule has 1 nitrogen and oxygen atoms in total. The Balaban J connectivity index is 1.95. The summed E-state index contributed by atoms with van der Waals surface area (Å²) in [5.74, 6) is 0. The maximum Gasteiger partial charge on any atom is 0.416 e. The Morgan fingerprint density at radius 2 is 1.17 bits per heavy atom. The quantitative estimate of drug-likeness (QED) is 0.587. The molecule has 0 bridgehead atoms. The zero-order valence-electron chi connectivity index (χ0n) is 12.4. The number of benzene rings is 2. The number of nitrogens with zero attached hydrogens (tertiary/aromatic N) is 1. The average molecular weight is 313 g/mol. The highest BCUT2D eigenvalue weighted by molar-refractivity contribution is 5.66. The third-order valence-electron chi connectivity index (χ3n) is 3.60. The minimum absolute atomic E-state index is 0.650. The van der Waals surface area contributed by atoms with Crippen LogP contribution in [0.4, 0.5) is 13.2 Å². The summed E-state index contributed by atoms with van der Waals surface area (Å²) >= 11 is 0. The monoisotopic (exact) mass is 313 g/mol. The number of aryl methyl sites for hydroxylation is 1. The molecule has 0 aliphatic carbocycles. The molecule has 0 unspecified atom stereocenters. The summed E-state index contributed by atoms with van der Waals surface area (Å²) in [7, 11) is 0. The lowest BCUT2D eigenvalue weighted by atomic mass is 10.1. The molecule has 0 atom stereocenters. The normalized spacial score (nSPS) is 11.5. The molecule has 0 saturated carbocycles. The maximum atomic E-state index is 12.6. The summed E-state index contributed by atoms with van der Waals surface area (Å²) in [5.41, 5.74) is 3.58. The van der Waals surface area contributed by atoms with Crippen LogP contribution in [-0.2, 0) is 6.18 Å². The number of aromatic nitrogens is 1. The number of hydrogen-bond acceptors (Lipinski definition) is 1. The van der Waals surface area contributed by atoms with Gasteiger partial charge in [0.1, 0.15) is 0 Å². The molecule has 4 heteroatoms. The fraction of sp³-hybridized carbons (Fsp3) is 0.105. The fourth-order valence-corrected chi connectivity index (χ4v) is 2.31. The molecular formula is C19H14F3N. The fourth-order valence-electron chi connectivity index (χ4n) is 2.31. The Morgan fingerprint density at radius 3 is 1.65 bits per heavy atom. The van der Waals surface area contributed by atoms with E-state index in [1.165, 1.54) is 12.1 Å². The molecule has 3 aromatic rings. The van der Waals surface area contributed by atoms with E-state index in [4.69, 9.17) is 0 Å². The Labute approximate surface area is 132 Å². The lowest BCUT2D eigenvalue weighted by Gasteiger charge is -2.08. The minimum atomic E-state index is -4.32. The molecule has 0 amide bonds. The molecule has 1 heterocycles. The van der Waals surface area contributed by atoms with Gasteiger partial charge >= 0.3 is 6.18 Å². The summed E-state index contributed by atoms with van der Waals surface area (Å²) in [6.45, 7) is 2.01. The molecule has 0 N–H and O–H groups in total. The van der Waals surface area contributed by atoms with Crippen molar-refractivity contribution in [1.29, 1.82) is 0 Å². The lowest BCUT2D eigenvalue weighted by molar-refractivity contribution is -0.137. The summed E-state index contributed by atoms with van der Waals surface area (Å²) in [4.78, 5) is 4.55. The second-order valence-electron chi connectivity index (χ2n) is 5.35. The van der Waals surface area contributed by atoms with Crippen molar-refractivity contribution in [3.8, 4) is 22.5 Å². The predicted octanol–water partition coefficient (Wildman–Crippen LogP) is 5.74. The number of alkyl halides is 3. The summed E-state index contributed by atoms with van der Waals surface area (Å²) in [5, 5.41) is 0. The van der Waals surface area contributed by atoms with Gasteiger partial charge in [-0.3, -0.25) is 0 Å². The SMILES string of the molecule is Cc1ccc(-c2cccc(-c3ccc(C(F)(F)F)cc3)n2)cc1. The van der Waals surface area contributed by atoms with Crippen LogP contribution in [0.2, 0.25) is 0 Å². The zero-order chi connectivity index (χ0) is 16.4. The second-order valence-corrected chi connectivity index (χ2v) is 5.35. The first-order valence-corrected chi connectivity index (χ1v) is 7.15. The van der Waals surface area contributed by atoms with Crippen molar-refractivity contribution in [2.45, 2.75) is 13.1 Å². The van der Waals surface area contributed by atoms with Gasteiger partial charge < -0.3 is 0 Å². The van der Waals surface area contributed by atoms with E-state index in [2.05, 4.69) is 4.98 Å². The lowest BCUT2D eigenvalue weighted by Crippen LogP contribution is -2.04. The first-order chi connectivity index (χ1) is 10.9. The number of halogens is 3. The highest BCUT2D eigenvalue weighted by atomic mass is 19.4. The van der Waals surface area contributed by atoms with Crippen LogP contribution >= 0.6 is 0 Å². The molecule has 116 valence electrons. The van der Waals surface area contributed by atoms with E-state index >= 15 is 0 Å². The van der Waals surface area contributed by atoms with Gasteiger partial charge in [0, 0.05) is 11.1 Å². The standard InChI is InChI=1S/C19H14F3N/c1-13-5-7-14(8-6-13)17-3-2-4-18(23-17)15-9-11-16(12-10-15)19(20,21)22/h2-12H,1H3. The van der Waals surface area contributed by atoms with Gasteiger partial charge in [0.15, 0.2) is 0 Å². The van der Waals surface area contributed by atoms with Crippen LogP contribution in [0.1, 0.15) is 11.1 Å². The largest absolute Gasteiger partial charge is 0.416 e. The number of pyridine rings is 1. The van der Waals surface area contributed by atoms with Gasteiger partial charge in [-0.2, -0.15) is 13.2 Å². The van der Waals surface area contributed by atoms with Crippen LogP contribution in [0, 0.1) is 6.92 Å². The smallest absolute Gasteiger partial charge is 0.248 e. The molecule has 23 heavy (non-hydrogen) atoms. The number of rotatable bonds is 2. The molecule has 0 aliphatic rings. The number of hydrogen-bond donors (Lipinski definition) is 0. The van der Waals surface area contributed by atoms with E-state index < -0.39 is 11.7 Å². The third kappa shape index (κ3) is 3.42. The van der Waals surface area contributed by atoms with Gasteiger partial charge in [-0.15, -0.1) is 0 Å². The summed E-state index contributed by atoms with van der Waals surface area (Å²) in [6.07, 6.45) is -4.32. The average Bonchev–Trinajstić information content (AvgIpc) is 2.55. The minimum Gasteiger partial charge on any atom is -0.248 e. The third-order valence-corrected chi connectivity index (χ3v) is 3.60. The van der Waals surface area contributed by atoms with Crippen molar-refractivity contribution < 1.29 is 13.2 Å². The van der Waals surface area contributed by atoms with Gasteiger partial charge in [0.05, 0.1) is 17.0 Å². The Bertz CT molecular complexity index is 803. The summed E-state index contributed by atoms with van der Waals surface area (Å²) in [6, 6.07) is 18.6. The Hall–Kier alpha value is -2.62. The molecule has 2 aromatic carbocycles.